The van der Waals surface area contributed by atoms with E-state index in [0.29, 0.717) is 6.04 Å². The molecule has 2 N–H and O–H groups in total. The molecule has 0 aliphatic rings. The molecule has 0 fully saturated rings. The number of nitrogens with zero attached hydrogens (tertiary/aromatic N) is 1. The van der Waals surface area contributed by atoms with E-state index in [-0.39, 0.29) is 0 Å². The third-order valence-corrected chi connectivity index (χ3v) is 2.57. The van der Waals surface area contributed by atoms with Crippen molar-refractivity contribution in [1.82, 2.24) is 4.90 Å². The molecule has 3 nitrogen and oxygen atoms in total. The van der Waals surface area contributed by atoms with Crippen LogP contribution in [0.3, 0.4) is 0 Å². The zero-order valence-electron chi connectivity index (χ0n) is 9.73. The topological polar surface area (TPSA) is 38.5 Å². The summed E-state index contributed by atoms with van der Waals surface area (Å²) in [5.74, 6) is 0.884. The van der Waals surface area contributed by atoms with Gasteiger partial charge in [0.2, 0.25) is 0 Å². The van der Waals surface area contributed by atoms with Gasteiger partial charge in [0.25, 0.3) is 0 Å². The molecule has 0 amide bonds. The number of rotatable bonds is 5. The van der Waals surface area contributed by atoms with Crippen LogP contribution in [-0.2, 0) is 0 Å². The van der Waals surface area contributed by atoms with E-state index in [1.807, 2.05) is 24.3 Å². The first-order valence-electron chi connectivity index (χ1n) is 5.24. The molecule has 0 radical (unpaired) electrons. The highest BCUT2D eigenvalue weighted by Gasteiger charge is 2.03. The van der Waals surface area contributed by atoms with Crippen LogP contribution in [0.1, 0.15) is 13.3 Å². The van der Waals surface area contributed by atoms with Crippen LogP contribution in [0.2, 0.25) is 0 Å². The summed E-state index contributed by atoms with van der Waals surface area (Å²) in [6.45, 7) is 2.93. The fourth-order valence-electron chi connectivity index (χ4n) is 1.17. The average molecular weight is 208 g/mol. The molecule has 1 rings (SSSR count). The number of nitrogen functional groups attached to an aromatic ring is 1. The molecule has 0 bridgehead atoms. The van der Waals surface area contributed by atoms with Crippen LogP contribution in [0.15, 0.2) is 24.3 Å². The first-order chi connectivity index (χ1) is 7.09. The molecule has 0 aliphatic heterocycles. The second kappa shape index (κ2) is 5.61. The lowest BCUT2D eigenvalue weighted by Gasteiger charge is -2.19. The molecule has 1 aromatic rings. The van der Waals surface area contributed by atoms with Crippen molar-refractivity contribution in [2.75, 3.05) is 26.4 Å². The second-order valence-electron chi connectivity index (χ2n) is 4.02. The predicted octanol–water partition coefficient (Wildman–Crippen LogP) is 1.99. The van der Waals surface area contributed by atoms with Gasteiger partial charge in [-0.05, 0) is 51.7 Å². The first-order valence-corrected chi connectivity index (χ1v) is 5.24. The Morgan fingerprint density at radius 1 is 1.27 bits per heavy atom. The smallest absolute Gasteiger partial charge is 0.119 e. The van der Waals surface area contributed by atoms with Crippen LogP contribution in [0.5, 0.6) is 5.75 Å². The van der Waals surface area contributed by atoms with Gasteiger partial charge in [0.1, 0.15) is 5.75 Å². The number of hydrogen-bond donors (Lipinski definition) is 1. The summed E-state index contributed by atoms with van der Waals surface area (Å²) in [5.41, 5.74) is 6.35. The lowest BCUT2D eigenvalue weighted by Crippen LogP contribution is -2.26. The van der Waals surface area contributed by atoms with Gasteiger partial charge in [-0.1, -0.05) is 0 Å². The number of benzene rings is 1. The maximum absolute atomic E-state index is 5.60. The summed E-state index contributed by atoms with van der Waals surface area (Å²) >= 11 is 0. The van der Waals surface area contributed by atoms with Gasteiger partial charge in [0.15, 0.2) is 0 Å². The van der Waals surface area contributed by atoms with Crippen LogP contribution in [0.25, 0.3) is 0 Å². The second-order valence-corrected chi connectivity index (χ2v) is 4.02. The fraction of sp³-hybridized carbons (Fsp3) is 0.500. The molecule has 0 saturated carbocycles. The van der Waals surface area contributed by atoms with Crippen molar-refractivity contribution in [3.8, 4) is 5.75 Å². The maximum Gasteiger partial charge on any atom is 0.119 e. The van der Waals surface area contributed by atoms with Crippen molar-refractivity contribution >= 4 is 5.69 Å². The summed E-state index contributed by atoms with van der Waals surface area (Å²) in [6.07, 6.45) is 1.03. The predicted molar refractivity (Wildman–Crippen MR) is 64.1 cm³/mol. The zero-order chi connectivity index (χ0) is 11.3. The summed E-state index contributed by atoms with van der Waals surface area (Å²) in [7, 11) is 4.15. The Bertz CT molecular complexity index is 282. The molecule has 1 aromatic carbocycles. The van der Waals surface area contributed by atoms with E-state index in [4.69, 9.17) is 10.5 Å². The highest BCUT2D eigenvalue weighted by atomic mass is 16.5. The van der Waals surface area contributed by atoms with Gasteiger partial charge in [-0.25, -0.2) is 0 Å². The van der Waals surface area contributed by atoms with E-state index in [1.165, 1.54) is 0 Å². The SMILES string of the molecule is CC(CCOc1ccc(N)cc1)N(C)C. The Labute approximate surface area is 91.8 Å². The van der Waals surface area contributed by atoms with Crippen LogP contribution >= 0.6 is 0 Å². The van der Waals surface area contributed by atoms with Crippen LogP contribution in [0.4, 0.5) is 5.69 Å². The largest absolute Gasteiger partial charge is 0.494 e. The Morgan fingerprint density at radius 3 is 2.40 bits per heavy atom. The standard InChI is InChI=1S/C12H20N2O/c1-10(14(2)3)8-9-15-12-6-4-11(13)5-7-12/h4-7,10H,8-9,13H2,1-3H3. The van der Waals surface area contributed by atoms with Crippen LogP contribution < -0.4 is 10.5 Å². The van der Waals surface area contributed by atoms with Gasteiger partial charge in [0, 0.05) is 11.7 Å². The molecule has 84 valence electrons. The molecule has 0 aromatic heterocycles. The van der Waals surface area contributed by atoms with E-state index in [2.05, 4.69) is 25.9 Å². The molecular weight excluding hydrogens is 188 g/mol. The minimum absolute atomic E-state index is 0.541. The van der Waals surface area contributed by atoms with E-state index in [1.54, 1.807) is 0 Å². The molecule has 0 saturated heterocycles. The minimum atomic E-state index is 0.541. The summed E-state index contributed by atoms with van der Waals surface area (Å²) in [4.78, 5) is 2.19. The van der Waals surface area contributed by atoms with Crippen molar-refractivity contribution in [2.45, 2.75) is 19.4 Å². The Balaban J connectivity index is 2.29. The van der Waals surface area contributed by atoms with Gasteiger partial charge in [-0.3, -0.25) is 0 Å². The van der Waals surface area contributed by atoms with Gasteiger partial charge in [-0.15, -0.1) is 0 Å². The summed E-state index contributed by atoms with van der Waals surface area (Å²) < 4.78 is 5.60. The molecule has 0 aliphatic carbocycles. The van der Waals surface area contributed by atoms with Crippen LogP contribution in [-0.4, -0.2) is 31.6 Å². The minimum Gasteiger partial charge on any atom is -0.494 e. The van der Waals surface area contributed by atoms with Gasteiger partial charge in [0.05, 0.1) is 6.61 Å². The van der Waals surface area contributed by atoms with Crippen LogP contribution in [0, 0.1) is 0 Å². The number of nitrogens with two attached hydrogens (primary N) is 1. The number of anilines is 1. The Hall–Kier alpha value is -1.22. The molecule has 3 heteroatoms. The Kier molecular flexibility index (Phi) is 4.43. The number of ether oxygens (including phenoxy) is 1. The van der Waals surface area contributed by atoms with E-state index >= 15 is 0 Å². The lowest BCUT2D eigenvalue weighted by atomic mass is 10.2. The van der Waals surface area contributed by atoms with Gasteiger partial charge >= 0.3 is 0 Å². The Morgan fingerprint density at radius 2 is 1.87 bits per heavy atom. The van der Waals surface area contributed by atoms with Gasteiger partial charge < -0.3 is 15.4 Å². The van der Waals surface area contributed by atoms with Crippen molar-refractivity contribution in [2.24, 2.45) is 0 Å². The average Bonchev–Trinajstić information content (AvgIpc) is 2.20. The van der Waals surface area contributed by atoms with E-state index < -0.39 is 0 Å². The van der Waals surface area contributed by atoms with Crippen molar-refractivity contribution in [1.29, 1.82) is 0 Å². The van der Waals surface area contributed by atoms with E-state index in [9.17, 15) is 0 Å². The van der Waals surface area contributed by atoms with Gasteiger partial charge in [-0.2, -0.15) is 0 Å². The van der Waals surface area contributed by atoms with Crippen molar-refractivity contribution in [3.63, 3.8) is 0 Å². The third kappa shape index (κ3) is 4.21. The van der Waals surface area contributed by atoms with Crippen molar-refractivity contribution < 1.29 is 4.74 Å². The molecule has 0 spiro atoms. The van der Waals surface area contributed by atoms with Crippen molar-refractivity contribution in [3.05, 3.63) is 24.3 Å². The normalized spacial score (nSPS) is 12.8. The molecular formula is C12H20N2O. The molecule has 1 unspecified atom stereocenters. The molecule has 0 heterocycles. The maximum atomic E-state index is 5.60. The quantitative estimate of drug-likeness (QED) is 0.752. The monoisotopic (exact) mass is 208 g/mol. The van der Waals surface area contributed by atoms with E-state index in [0.717, 1.165) is 24.5 Å². The number of hydrogen-bond acceptors (Lipinski definition) is 3. The highest BCUT2D eigenvalue weighted by molar-refractivity contribution is 5.41. The highest BCUT2D eigenvalue weighted by Crippen LogP contribution is 2.13. The third-order valence-electron chi connectivity index (χ3n) is 2.57. The summed E-state index contributed by atoms with van der Waals surface area (Å²) in [6, 6.07) is 8.04. The molecule has 15 heavy (non-hydrogen) atoms. The zero-order valence-corrected chi connectivity index (χ0v) is 9.73. The fourth-order valence-corrected chi connectivity index (χ4v) is 1.17. The molecule has 1 atom stereocenters. The lowest BCUT2D eigenvalue weighted by molar-refractivity contribution is 0.233. The first kappa shape index (κ1) is 11.9. The summed E-state index contributed by atoms with van der Waals surface area (Å²) in [5, 5.41) is 0.